The second kappa shape index (κ2) is 3.93. The average Bonchev–Trinajstić information content (AvgIpc) is 2.56. The van der Waals surface area contributed by atoms with Crippen molar-refractivity contribution in [1.82, 2.24) is 0 Å². The number of hydrogen-bond acceptors (Lipinski definition) is 2. The van der Waals surface area contributed by atoms with Gasteiger partial charge in [-0.05, 0) is 17.7 Å². The summed E-state index contributed by atoms with van der Waals surface area (Å²) in [7, 11) is 0. The minimum absolute atomic E-state index is 0.870. The molecule has 2 heteroatoms. The molecule has 1 unspecified atom stereocenters. The van der Waals surface area contributed by atoms with Crippen LogP contribution in [0.4, 0.5) is 0 Å². The van der Waals surface area contributed by atoms with Crippen molar-refractivity contribution in [2.45, 2.75) is 5.54 Å². The van der Waals surface area contributed by atoms with E-state index in [4.69, 9.17) is 0 Å². The van der Waals surface area contributed by atoms with Crippen LogP contribution >= 0.6 is 0 Å². The van der Waals surface area contributed by atoms with Crippen molar-refractivity contribution in [3.63, 3.8) is 0 Å². The second-order valence-corrected chi connectivity index (χ2v) is 3.27. The molecule has 72 valence electrons. The van der Waals surface area contributed by atoms with Crippen LogP contribution in [0.15, 0.2) is 59.6 Å². The van der Waals surface area contributed by atoms with Gasteiger partial charge in [0.2, 0.25) is 0 Å². The number of nitriles is 1. The average molecular weight is 194 g/mol. The maximum Gasteiger partial charge on any atom is 0.190 e. The lowest BCUT2D eigenvalue weighted by atomic mass is 9.92. The number of hydrogen-bond donors (Lipinski definition) is 0. The Kier molecular flexibility index (Phi) is 2.47. The Hall–Kier alpha value is -2.14. The molecule has 0 saturated carbocycles. The van der Waals surface area contributed by atoms with Crippen LogP contribution in [-0.4, -0.2) is 6.21 Å². The smallest absolute Gasteiger partial charge is 0.190 e. The van der Waals surface area contributed by atoms with Gasteiger partial charge in [-0.25, -0.2) is 0 Å². The maximum atomic E-state index is 9.28. The van der Waals surface area contributed by atoms with Crippen LogP contribution in [-0.2, 0) is 5.54 Å². The summed E-state index contributed by atoms with van der Waals surface area (Å²) in [6.07, 6.45) is 9.01. The Morgan fingerprint density at radius 1 is 1.07 bits per heavy atom. The highest BCUT2D eigenvalue weighted by Gasteiger charge is 2.27. The molecule has 1 aliphatic rings. The first kappa shape index (κ1) is 9.42. The molecule has 1 atom stereocenters. The number of benzene rings is 1. The highest BCUT2D eigenvalue weighted by atomic mass is 14.8. The monoisotopic (exact) mass is 194 g/mol. The number of allylic oxidation sites excluding steroid dienone is 3. The highest BCUT2D eigenvalue weighted by molar-refractivity contribution is 5.74. The molecule has 1 aromatic rings. The van der Waals surface area contributed by atoms with Crippen LogP contribution in [0.3, 0.4) is 0 Å². The van der Waals surface area contributed by atoms with Gasteiger partial charge in [-0.3, -0.25) is 4.99 Å². The zero-order valence-corrected chi connectivity index (χ0v) is 8.17. The van der Waals surface area contributed by atoms with Gasteiger partial charge in [0.25, 0.3) is 0 Å². The summed E-state index contributed by atoms with van der Waals surface area (Å²) in [6, 6.07) is 11.8. The first-order chi connectivity index (χ1) is 7.37. The summed E-state index contributed by atoms with van der Waals surface area (Å²) in [6.45, 7) is 0. The lowest BCUT2D eigenvalue weighted by molar-refractivity contribution is 0.738. The summed E-state index contributed by atoms with van der Waals surface area (Å²) in [5.74, 6) is 0. The number of aliphatic imine (C=N–C) groups is 1. The summed E-state index contributed by atoms with van der Waals surface area (Å²) >= 11 is 0. The van der Waals surface area contributed by atoms with Crippen molar-refractivity contribution in [1.29, 1.82) is 5.26 Å². The van der Waals surface area contributed by atoms with E-state index in [0.29, 0.717) is 0 Å². The summed E-state index contributed by atoms with van der Waals surface area (Å²) in [4.78, 5) is 4.28. The Bertz CT molecular complexity index is 445. The Morgan fingerprint density at radius 2 is 1.87 bits per heavy atom. The molecule has 0 aliphatic carbocycles. The van der Waals surface area contributed by atoms with Crippen LogP contribution < -0.4 is 0 Å². The van der Waals surface area contributed by atoms with Gasteiger partial charge in [0, 0.05) is 6.21 Å². The third-order valence-corrected chi connectivity index (χ3v) is 2.31. The third-order valence-electron chi connectivity index (χ3n) is 2.31. The molecule has 2 rings (SSSR count). The molecular weight excluding hydrogens is 184 g/mol. The molecule has 0 spiro atoms. The summed E-state index contributed by atoms with van der Waals surface area (Å²) < 4.78 is 0. The van der Waals surface area contributed by atoms with Gasteiger partial charge in [0.05, 0.1) is 0 Å². The van der Waals surface area contributed by atoms with Gasteiger partial charge in [-0.2, -0.15) is 5.26 Å². The molecule has 0 bridgehead atoms. The second-order valence-electron chi connectivity index (χ2n) is 3.27. The van der Waals surface area contributed by atoms with Crippen LogP contribution in [0.2, 0.25) is 0 Å². The third kappa shape index (κ3) is 1.72. The van der Waals surface area contributed by atoms with Gasteiger partial charge in [0.15, 0.2) is 5.54 Å². The Morgan fingerprint density at radius 3 is 2.60 bits per heavy atom. The van der Waals surface area contributed by atoms with Gasteiger partial charge >= 0.3 is 0 Å². The molecule has 0 amide bonds. The van der Waals surface area contributed by atoms with Gasteiger partial charge in [0.1, 0.15) is 6.07 Å². The first-order valence-corrected chi connectivity index (χ1v) is 4.74. The quantitative estimate of drug-likeness (QED) is 0.676. The minimum Gasteiger partial charge on any atom is -0.262 e. The molecule has 0 fully saturated rings. The standard InChI is InChI=1S/C13H10N2/c14-11-13(9-5-2-6-10-15-13)12-7-3-1-4-8-12/h1-10H. The maximum absolute atomic E-state index is 9.28. The molecule has 0 aromatic heterocycles. The zero-order chi connectivity index (χ0) is 10.6. The van der Waals surface area contributed by atoms with Crippen LogP contribution in [0.1, 0.15) is 5.56 Å². The van der Waals surface area contributed by atoms with Crippen molar-refractivity contribution in [3.05, 3.63) is 60.2 Å². The Balaban J connectivity index is 2.52. The number of rotatable bonds is 1. The molecule has 2 nitrogen and oxygen atoms in total. The highest BCUT2D eigenvalue weighted by Crippen LogP contribution is 2.27. The zero-order valence-electron chi connectivity index (χ0n) is 8.17. The Labute approximate surface area is 88.9 Å². The molecule has 0 radical (unpaired) electrons. The molecule has 1 aromatic carbocycles. The minimum atomic E-state index is -0.870. The fourth-order valence-corrected chi connectivity index (χ4v) is 1.51. The van der Waals surface area contributed by atoms with E-state index in [1.54, 1.807) is 6.21 Å². The van der Waals surface area contributed by atoms with E-state index in [2.05, 4.69) is 11.1 Å². The van der Waals surface area contributed by atoms with E-state index in [1.807, 2.05) is 54.6 Å². The fraction of sp³-hybridized carbons (Fsp3) is 0.0769. The molecule has 0 N–H and O–H groups in total. The topological polar surface area (TPSA) is 36.1 Å². The van der Waals surface area contributed by atoms with Crippen molar-refractivity contribution >= 4 is 6.21 Å². The van der Waals surface area contributed by atoms with Gasteiger partial charge in [-0.1, -0.05) is 42.5 Å². The lowest BCUT2D eigenvalue weighted by Crippen LogP contribution is -2.17. The van der Waals surface area contributed by atoms with Crippen LogP contribution in [0, 0.1) is 11.3 Å². The van der Waals surface area contributed by atoms with Crippen LogP contribution in [0.25, 0.3) is 0 Å². The predicted molar refractivity (Wildman–Crippen MR) is 60.5 cm³/mol. The lowest BCUT2D eigenvalue weighted by Gasteiger charge is -2.17. The molecule has 1 aliphatic heterocycles. The van der Waals surface area contributed by atoms with Crippen molar-refractivity contribution in [2.75, 3.05) is 0 Å². The summed E-state index contributed by atoms with van der Waals surface area (Å²) in [5.41, 5.74) is 0.0220. The molecule has 1 heterocycles. The van der Waals surface area contributed by atoms with Crippen molar-refractivity contribution in [2.24, 2.45) is 4.99 Å². The van der Waals surface area contributed by atoms with Crippen LogP contribution in [0.5, 0.6) is 0 Å². The normalized spacial score (nSPS) is 23.4. The molecule has 15 heavy (non-hydrogen) atoms. The number of nitrogens with zero attached hydrogens (tertiary/aromatic N) is 2. The van der Waals surface area contributed by atoms with E-state index < -0.39 is 5.54 Å². The molecule has 0 saturated heterocycles. The van der Waals surface area contributed by atoms with Crippen molar-refractivity contribution in [3.8, 4) is 6.07 Å². The summed E-state index contributed by atoms with van der Waals surface area (Å²) in [5, 5.41) is 9.28. The molecular formula is C13H10N2. The fourth-order valence-electron chi connectivity index (χ4n) is 1.51. The van der Waals surface area contributed by atoms with E-state index in [0.717, 1.165) is 5.56 Å². The van der Waals surface area contributed by atoms with Gasteiger partial charge < -0.3 is 0 Å². The SMILES string of the molecule is N#CC1(c2ccccc2)C=CC=CC=N1. The largest absolute Gasteiger partial charge is 0.262 e. The van der Waals surface area contributed by atoms with E-state index >= 15 is 0 Å². The van der Waals surface area contributed by atoms with E-state index in [-0.39, 0.29) is 0 Å². The van der Waals surface area contributed by atoms with Gasteiger partial charge in [-0.15, -0.1) is 0 Å². The van der Waals surface area contributed by atoms with Crippen molar-refractivity contribution < 1.29 is 0 Å². The predicted octanol–water partition coefficient (Wildman–Crippen LogP) is 2.60. The van der Waals surface area contributed by atoms with E-state index in [9.17, 15) is 5.26 Å². The first-order valence-electron chi connectivity index (χ1n) is 4.74. The van der Waals surface area contributed by atoms with E-state index in [1.165, 1.54) is 0 Å².